The highest BCUT2D eigenvalue weighted by Crippen LogP contribution is 2.37. The number of aromatic nitrogens is 2. The van der Waals surface area contributed by atoms with E-state index >= 15 is 0 Å². The van der Waals surface area contributed by atoms with Crippen LogP contribution >= 0.6 is 11.3 Å². The van der Waals surface area contributed by atoms with Gasteiger partial charge in [0.1, 0.15) is 21.8 Å². The molecule has 0 N–H and O–H groups in total. The second kappa shape index (κ2) is 8.87. The van der Waals surface area contributed by atoms with E-state index in [0.717, 1.165) is 0 Å². The van der Waals surface area contributed by atoms with E-state index < -0.39 is 17.9 Å². The lowest BCUT2D eigenvalue weighted by Gasteiger charge is -2.10. The van der Waals surface area contributed by atoms with Crippen LogP contribution in [0, 0.1) is 6.92 Å². The number of nitrogens with zero attached hydrogens (tertiary/aromatic N) is 2. The fourth-order valence-corrected chi connectivity index (χ4v) is 3.78. The Morgan fingerprint density at radius 1 is 0.967 bits per heavy atom. The van der Waals surface area contributed by atoms with Crippen molar-refractivity contribution in [2.75, 3.05) is 20.8 Å². The van der Waals surface area contributed by atoms with E-state index in [0.29, 0.717) is 20.7 Å². The predicted molar refractivity (Wildman–Crippen MR) is 107 cm³/mol. The first kappa shape index (κ1) is 21.2. The number of methoxy groups -OCH3 is 2. The first-order chi connectivity index (χ1) is 14.4. The third-order valence-corrected chi connectivity index (χ3v) is 5.30. The number of hydrogen-bond donors (Lipinski definition) is 0. The highest BCUT2D eigenvalue weighted by molar-refractivity contribution is 7.20. The van der Waals surface area contributed by atoms with Crippen molar-refractivity contribution in [3.63, 3.8) is 0 Å². The highest BCUT2D eigenvalue weighted by Gasteiger charge is 2.22. The zero-order valence-electron chi connectivity index (χ0n) is 16.7. The molecule has 9 nitrogen and oxygen atoms in total. The SMILES string of the molecule is CCOC(=O)c1sc2ncnc(Oc3cc(C(=O)OC)cc(C(=O)OC)c3)c2c1C. The molecular weight excluding hydrogens is 412 g/mol. The number of aryl methyl sites for hydroxylation is 1. The number of carbonyl (C=O) groups is 3. The molecule has 3 aromatic rings. The summed E-state index contributed by atoms with van der Waals surface area (Å²) >= 11 is 1.17. The van der Waals surface area contributed by atoms with E-state index in [1.807, 2.05) is 0 Å². The van der Waals surface area contributed by atoms with Gasteiger partial charge in [0.2, 0.25) is 5.88 Å². The Hall–Kier alpha value is -3.53. The minimum atomic E-state index is -0.644. The van der Waals surface area contributed by atoms with Crippen LogP contribution in [0.3, 0.4) is 0 Å². The smallest absolute Gasteiger partial charge is 0.348 e. The third-order valence-electron chi connectivity index (χ3n) is 4.12. The lowest BCUT2D eigenvalue weighted by atomic mass is 10.1. The number of fused-ring (bicyclic) bond motifs is 1. The van der Waals surface area contributed by atoms with Gasteiger partial charge in [-0.15, -0.1) is 11.3 Å². The van der Waals surface area contributed by atoms with Gasteiger partial charge < -0.3 is 18.9 Å². The topological polar surface area (TPSA) is 114 Å². The average Bonchev–Trinajstić information content (AvgIpc) is 3.10. The largest absolute Gasteiger partial charge is 0.465 e. The molecule has 0 saturated carbocycles. The van der Waals surface area contributed by atoms with Gasteiger partial charge in [-0.05, 0) is 37.6 Å². The normalized spacial score (nSPS) is 10.5. The lowest BCUT2D eigenvalue weighted by Crippen LogP contribution is -2.07. The Bertz CT molecular complexity index is 1110. The summed E-state index contributed by atoms with van der Waals surface area (Å²) in [6.07, 6.45) is 1.30. The molecular formula is C20H18N2O7S. The lowest BCUT2D eigenvalue weighted by molar-refractivity contribution is 0.0529. The maximum atomic E-state index is 12.2. The van der Waals surface area contributed by atoms with Crippen molar-refractivity contribution in [3.05, 3.63) is 46.1 Å². The van der Waals surface area contributed by atoms with Crippen LogP contribution in [0.1, 0.15) is 42.9 Å². The molecule has 2 aromatic heterocycles. The number of thiophene rings is 1. The molecule has 0 unspecified atom stereocenters. The van der Waals surface area contributed by atoms with Crippen LogP contribution in [0.15, 0.2) is 24.5 Å². The van der Waals surface area contributed by atoms with Crippen molar-refractivity contribution in [2.24, 2.45) is 0 Å². The Labute approximate surface area is 175 Å². The van der Waals surface area contributed by atoms with Crippen molar-refractivity contribution < 1.29 is 33.3 Å². The number of benzene rings is 1. The first-order valence-electron chi connectivity index (χ1n) is 8.80. The quantitative estimate of drug-likeness (QED) is 0.428. The van der Waals surface area contributed by atoms with Gasteiger partial charge in [0.15, 0.2) is 0 Å². The molecule has 0 amide bonds. The molecule has 0 bridgehead atoms. The fraction of sp³-hybridized carbons (Fsp3) is 0.250. The third kappa shape index (κ3) is 4.08. The summed E-state index contributed by atoms with van der Waals surface area (Å²) in [6.45, 7) is 3.71. The van der Waals surface area contributed by atoms with Gasteiger partial charge in [0.05, 0.1) is 37.3 Å². The van der Waals surface area contributed by atoms with Gasteiger partial charge in [0, 0.05) is 0 Å². The van der Waals surface area contributed by atoms with Crippen LogP contribution in [0.2, 0.25) is 0 Å². The summed E-state index contributed by atoms with van der Waals surface area (Å²) in [5, 5.41) is 0.536. The zero-order chi connectivity index (χ0) is 21.8. The summed E-state index contributed by atoms with van der Waals surface area (Å²) in [7, 11) is 2.46. The minimum Gasteiger partial charge on any atom is -0.465 e. The zero-order valence-corrected chi connectivity index (χ0v) is 17.5. The standard InChI is InChI=1S/C20H18N2O7S/c1-5-28-20(25)15-10(2)14-16(21-9-22-17(14)30-15)29-13-7-11(18(23)26-3)6-12(8-13)19(24)27-4/h6-9H,5H2,1-4H3. The number of ether oxygens (including phenoxy) is 4. The van der Waals surface area contributed by atoms with Crippen LogP contribution in [-0.2, 0) is 14.2 Å². The van der Waals surface area contributed by atoms with Crippen LogP contribution < -0.4 is 4.74 Å². The molecule has 0 radical (unpaired) electrons. The van der Waals surface area contributed by atoms with Crippen LogP contribution in [-0.4, -0.2) is 48.7 Å². The van der Waals surface area contributed by atoms with E-state index in [1.165, 1.54) is 50.1 Å². The number of rotatable bonds is 6. The molecule has 0 aliphatic rings. The van der Waals surface area contributed by atoms with Crippen molar-refractivity contribution in [1.29, 1.82) is 0 Å². The van der Waals surface area contributed by atoms with Crippen molar-refractivity contribution >= 4 is 39.5 Å². The maximum absolute atomic E-state index is 12.2. The van der Waals surface area contributed by atoms with Crippen molar-refractivity contribution in [2.45, 2.75) is 13.8 Å². The van der Waals surface area contributed by atoms with Gasteiger partial charge >= 0.3 is 17.9 Å². The highest BCUT2D eigenvalue weighted by atomic mass is 32.1. The Morgan fingerprint density at radius 3 is 2.17 bits per heavy atom. The average molecular weight is 430 g/mol. The second-order valence-corrected chi connectivity index (χ2v) is 6.97. The fourth-order valence-electron chi connectivity index (χ4n) is 2.75. The summed E-state index contributed by atoms with van der Waals surface area (Å²) in [4.78, 5) is 45.5. The maximum Gasteiger partial charge on any atom is 0.348 e. The Kier molecular flexibility index (Phi) is 6.26. The summed E-state index contributed by atoms with van der Waals surface area (Å²) in [5.41, 5.74) is 0.825. The molecule has 1 aromatic carbocycles. The monoisotopic (exact) mass is 430 g/mol. The van der Waals surface area contributed by atoms with Gasteiger partial charge in [-0.25, -0.2) is 24.4 Å². The molecule has 0 fully saturated rings. The molecule has 2 heterocycles. The summed E-state index contributed by atoms with van der Waals surface area (Å²) in [5.74, 6) is -1.40. The molecule has 10 heteroatoms. The second-order valence-electron chi connectivity index (χ2n) is 5.97. The first-order valence-corrected chi connectivity index (χ1v) is 9.62. The molecule has 0 saturated heterocycles. The van der Waals surface area contributed by atoms with Gasteiger partial charge in [-0.3, -0.25) is 0 Å². The van der Waals surface area contributed by atoms with Crippen molar-refractivity contribution in [1.82, 2.24) is 9.97 Å². The number of esters is 3. The van der Waals surface area contributed by atoms with E-state index in [9.17, 15) is 14.4 Å². The van der Waals surface area contributed by atoms with E-state index in [1.54, 1.807) is 13.8 Å². The predicted octanol–water partition coefficient (Wildman–Crippen LogP) is 3.54. The molecule has 0 aliphatic carbocycles. The van der Waals surface area contributed by atoms with Gasteiger partial charge in [-0.1, -0.05) is 0 Å². The van der Waals surface area contributed by atoms with Crippen LogP contribution in [0.4, 0.5) is 0 Å². The number of hydrogen-bond acceptors (Lipinski definition) is 10. The molecule has 30 heavy (non-hydrogen) atoms. The minimum absolute atomic E-state index is 0.106. The van der Waals surface area contributed by atoms with Crippen LogP contribution in [0.5, 0.6) is 11.6 Å². The van der Waals surface area contributed by atoms with Crippen molar-refractivity contribution in [3.8, 4) is 11.6 Å². The summed E-state index contributed by atoms with van der Waals surface area (Å²) in [6, 6.07) is 4.18. The van der Waals surface area contributed by atoms with E-state index in [-0.39, 0.29) is 29.4 Å². The summed E-state index contributed by atoms with van der Waals surface area (Å²) < 4.78 is 20.4. The van der Waals surface area contributed by atoms with E-state index in [2.05, 4.69) is 9.97 Å². The van der Waals surface area contributed by atoms with E-state index in [4.69, 9.17) is 18.9 Å². The molecule has 0 spiro atoms. The Balaban J connectivity index is 2.08. The number of carbonyl (C=O) groups excluding carboxylic acids is 3. The molecule has 3 rings (SSSR count). The Morgan fingerprint density at radius 2 is 1.60 bits per heavy atom. The molecule has 156 valence electrons. The molecule has 0 aliphatic heterocycles. The molecule has 0 atom stereocenters. The van der Waals surface area contributed by atoms with Gasteiger partial charge in [-0.2, -0.15) is 0 Å². The van der Waals surface area contributed by atoms with Gasteiger partial charge in [0.25, 0.3) is 0 Å². The van der Waals surface area contributed by atoms with Crippen LogP contribution in [0.25, 0.3) is 10.2 Å².